The van der Waals surface area contributed by atoms with E-state index in [-0.39, 0.29) is 12.2 Å². The number of amides is 2. The van der Waals surface area contributed by atoms with E-state index in [1.54, 1.807) is 31.2 Å². The van der Waals surface area contributed by atoms with Crippen LogP contribution in [0.3, 0.4) is 0 Å². The van der Waals surface area contributed by atoms with Gasteiger partial charge in [0.1, 0.15) is 6.54 Å². The Morgan fingerprint density at radius 1 is 0.931 bits per heavy atom. The van der Waals surface area contributed by atoms with Gasteiger partial charge in [-0.1, -0.05) is 12.1 Å². The summed E-state index contributed by atoms with van der Waals surface area (Å²) in [6.45, 7) is 1.37. The van der Waals surface area contributed by atoms with Crippen LogP contribution in [0.25, 0.3) is 11.0 Å². The first kappa shape index (κ1) is 20.2. The molecule has 0 aliphatic rings. The zero-order valence-corrected chi connectivity index (χ0v) is 15.3. The molecule has 0 saturated heterocycles. The molecule has 0 radical (unpaired) electrons. The molecule has 0 fully saturated rings. The molecule has 2 N–H and O–H groups in total. The van der Waals surface area contributed by atoms with Crippen molar-refractivity contribution in [2.45, 2.75) is 20.0 Å². The van der Waals surface area contributed by atoms with Gasteiger partial charge in [-0.3, -0.25) is 18.7 Å². The van der Waals surface area contributed by atoms with Gasteiger partial charge in [-0.15, -0.1) is 0 Å². The Bertz CT molecular complexity index is 1150. The van der Waals surface area contributed by atoms with Crippen molar-refractivity contribution in [2.24, 2.45) is 0 Å². The number of benzene rings is 2. The van der Waals surface area contributed by atoms with Crippen molar-refractivity contribution in [1.29, 1.82) is 0 Å². The molecule has 0 aliphatic carbocycles. The molecule has 3 rings (SSSR count). The highest BCUT2D eigenvalue weighted by atomic mass is 19.2. The summed E-state index contributed by atoms with van der Waals surface area (Å²) in [6.07, 6.45) is 0. The third kappa shape index (κ3) is 4.00. The number of nitrogens with zero attached hydrogens (tertiary/aromatic N) is 2. The molecule has 10 heteroatoms. The summed E-state index contributed by atoms with van der Waals surface area (Å²) in [5, 5.41) is 4.35. The average Bonchev–Trinajstić information content (AvgIpc) is 2.98. The number of para-hydroxylation sites is 2. The Labute approximate surface area is 162 Å². The Kier molecular flexibility index (Phi) is 5.71. The highest BCUT2D eigenvalue weighted by molar-refractivity contribution is 5.94. The number of aromatic nitrogens is 2. The van der Waals surface area contributed by atoms with E-state index in [0.717, 1.165) is 6.07 Å². The van der Waals surface area contributed by atoms with E-state index in [1.807, 2.05) is 5.32 Å². The minimum absolute atomic E-state index is 0.320. The summed E-state index contributed by atoms with van der Waals surface area (Å²) in [6, 6.07) is 8.52. The van der Waals surface area contributed by atoms with Crippen LogP contribution in [0.1, 0.15) is 6.92 Å². The molecule has 7 nitrogen and oxygen atoms in total. The lowest BCUT2D eigenvalue weighted by Gasteiger charge is -2.09. The number of imidazole rings is 1. The number of halogens is 3. The minimum Gasteiger partial charge on any atom is -0.345 e. The SMILES string of the molecule is CCn1c(=O)n(CC(=O)NCC(=O)Nc2ccc(F)c(F)c2F)c2ccccc21. The second-order valence-corrected chi connectivity index (χ2v) is 6.15. The standard InChI is InChI=1S/C19H17F3N4O3/c1-2-25-13-5-3-4-6-14(13)26(19(25)29)10-16(28)23-9-15(27)24-12-8-7-11(20)17(21)18(12)22/h3-8H,2,9-10H2,1H3,(H,23,28)(H,24,27). The fourth-order valence-electron chi connectivity index (χ4n) is 2.93. The molecule has 0 aliphatic heterocycles. The largest absolute Gasteiger partial charge is 0.345 e. The van der Waals surface area contributed by atoms with Gasteiger partial charge in [0.25, 0.3) is 0 Å². The number of aryl methyl sites for hydroxylation is 1. The lowest BCUT2D eigenvalue weighted by molar-refractivity contribution is -0.124. The Balaban J connectivity index is 1.66. The van der Waals surface area contributed by atoms with Crippen molar-refractivity contribution < 1.29 is 22.8 Å². The van der Waals surface area contributed by atoms with Gasteiger partial charge in [0.2, 0.25) is 11.8 Å². The van der Waals surface area contributed by atoms with Crippen molar-refractivity contribution in [1.82, 2.24) is 14.5 Å². The van der Waals surface area contributed by atoms with Gasteiger partial charge >= 0.3 is 5.69 Å². The summed E-state index contributed by atoms with van der Waals surface area (Å²) in [5.74, 6) is -6.09. The van der Waals surface area contributed by atoms with Gasteiger partial charge in [-0.2, -0.15) is 0 Å². The number of carbonyl (C=O) groups is 2. The monoisotopic (exact) mass is 406 g/mol. The molecule has 0 spiro atoms. The van der Waals surface area contributed by atoms with Crippen LogP contribution >= 0.6 is 0 Å². The smallest absolute Gasteiger partial charge is 0.329 e. The molecule has 3 aromatic rings. The second kappa shape index (κ2) is 8.21. The summed E-state index contributed by atoms with van der Waals surface area (Å²) in [5.41, 5.74) is 0.338. The first-order chi connectivity index (χ1) is 13.8. The van der Waals surface area contributed by atoms with Crippen molar-refractivity contribution in [3.05, 3.63) is 64.3 Å². The van der Waals surface area contributed by atoms with Gasteiger partial charge in [-0.25, -0.2) is 18.0 Å². The third-order valence-electron chi connectivity index (χ3n) is 4.30. The summed E-state index contributed by atoms with van der Waals surface area (Å²) < 4.78 is 42.5. The molecule has 0 atom stereocenters. The molecule has 1 aromatic heterocycles. The number of rotatable bonds is 6. The second-order valence-electron chi connectivity index (χ2n) is 6.15. The Morgan fingerprint density at radius 3 is 2.24 bits per heavy atom. The van der Waals surface area contributed by atoms with E-state index in [4.69, 9.17) is 0 Å². The van der Waals surface area contributed by atoms with E-state index in [0.29, 0.717) is 23.6 Å². The third-order valence-corrected chi connectivity index (χ3v) is 4.30. The van der Waals surface area contributed by atoms with E-state index in [2.05, 4.69) is 5.32 Å². The van der Waals surface area contributed by atoms with Crippen LogP contribution in [-0.4, -0.2) is 27.5 Å². The number of carbonyl (C=O) groups excluding carboxylic acids is 2. The van der Waals surface area contributed by atoms with Gasteiger partial charge in [0, 0.05) is 6.54 Å². The fraction of sp³-hybridized carbons (Fsp3) is 0.211. The van der Waals surface area contributed by atoms with Crippen molar-refractivity contribution in [2.75, 3.05) is 11.9 Å². The molecular weight excluding hydrogens is 389 g/mol. The number of hydrogen-bond donors (Lipinski definition) is 2. The van der Waals surface area contributed by atoms with Crippen molar-refractivity contribution in [3.63, 3.8) is 0 Å². The number of anilines is 1. The first-order valence-corrected chi connectivity index (χ1v) is 8.71. The van der Waals surface area contributed by atoms with E-state index in [9.17, 15) is 27.6 Å². The van der Waals surface area contributed by atoms with E-state index >= 15 is 0 Å². The molecular formula is C19H17F3N4O3. The predicted octanol–water partition coefficient (Wildman–Crippen LogP) is 2.00. The Morgan fingerprint density at radius 2 is 1.59 bits per heavy atom. The topological polar surface area (TPSA) is 85.1 Å². The zero-order valence-electron chi connectivity index (χ0n) is 15.3. The van der Waals surface area contributed by atoms with Crippen molar-refractivity contribution >= 4 is 28.5 Å². The zero-order chi connectivity index (χ0) is 21.1. The Hall–Kier alpha value is -3.56. The molecule has 0 saturated carbocycles. The molecule has 0 bridgehead atoms. The van der Waals surface area contributed by atoms with Crippen LogP contribution < -0.4 is 16.3 Å². The molecule has 0 unspecified atom stereocenters. The molecule has 2 aromatic carbocycles. The van der Waals surface area contributed by atoms with E-state index in [1.165, 1.54) is 9.13 Å². The van der Waals surface area contributed by atoms with E-state index < -0.39 is 41.5 Å². The summed E-state index contributed by atoms with van der Waals surface area (Å²) >= 11 is 0. The summed E-state index contributed by atoms with van der Waals surface area (Å²) in [7, 11) is 0. The van der Waals surface area contributed by atoms with Gasteiger partial charge < -0.3 is 10.6 Å². The quantitative estimate of drug-likeness (QED) is 0.614. The van der Waals surface area contributed by atoms with Gasteiger partial charge in [0.15, 0.2) is 17.5 Å². The average molecular weight is 406 g/mol. The van der Waals surface area contributed by atoms with Crippen LogP contribution in [0.5, 0.6) is 0 Å². The van der Waals surface area contributed by atoms with Crippen LogP contribution in [0.2, 0.25) is 0 Å². The van der Waals surface area contributed by atoms with Gasteiger partial charge in [0.05, 0.1) is 23.3 Å². The minimum atomic E-state index is -1.71. The first-order valence-electron chi connectivity index (χ1n) is 8.71. The van der Waals surface area contributed by atoms with Crippen LogP contribution in [0.4, 0.5) is 18.9 Å². The lowest BCUT2D eigenvalue weighted by atomic mass is 10.2. The summed E-state index contributed by atoms with van der Waals surface area (Å²) in [4.78, 5) is 36.5. The normalized spacial score (nSPS) is 10.9. The van der Waals surface area contributed by atoms with Crippen LogP contribution in [-0.2, 0) is 22.7 Å². The van der Waals surface area contributed by atoms with Gasteiger partial charge in [-0.05, 0) is 31.2 Å². The maximum absolute atomic E-state index is 13.6. The maximum atomic E-state index is 13.6. The lowest BCUT2D eigenvalue weighted by Crippen LogP contribution is -2.37. The molecule has 2 amide bonds. The highest BCUT2D eigenvalue weighted by Crippen LogP contribution is 2.19. The van der Waals surface area contributed by atoms with Crippen LogP contribution in [0, 0.1) is 17.5 Å². The number of hydrogen-bond acceptors (Lipinski definition) is 3. The fourth-order valence-corrected chi connectivity index (χ4v) is 2.93. The molecule has 152 valence electrons. The number of nitrogens with one attached hydrogen (secondary N) is 2. The number of fused-ring (bicyclic) bond motifs is 1. The highest BCUT2D eigenvalue weighted by Gasteiger charge is 2.17. The van der Waals surface area contributed by atoms with Crippen LogP contribution in [0.15, 0.2) is 41.2 Å². The molecule has 1 heterocycles. The maximum Gasteiger partial charge on any atom is 0.329 e. The molecule has 29 heavy (non-hydrogen) atoms. The van der Waals surface area contributed by atoms with Crippen molar-refractivity contribution in [3.8, 4) is 0 Å². The predicted molar refractivity (Wildman–Crippen MR) is 99.8 cm³/mol.